The number of hydrogen-bond donors (Lipinski definition) is 2. The van der Waals surface area contributed by atoms with Crippen LogP contribution in [0.5, 0.6) is 0 Å². The molecule has 5 heteroatoms. The Labute approximate surface area is 163 Å². The molecule has 0 saturated heterocycles. The summed E-state index contributed by atoms with van der Waals surface area (Å²) < 4.78 is 0. The van der Waals surface area contributed by atoms with Crippen LogP contribution in [0.25, 0.3) is 0 Å². The van der Waals surface area contributed by atoms with Gasteiger partial charge in [0.15, 0.2) is 0 Å². The molecule has 0 spiro atoms. The fourth-order valence-electron chi connectivity index (χ4n) is 4.30. The molecule has 26 heavy (non-hydrogen) atoms. The standard InChI is InChI=1S/C21H24ClNO2S/c22-17-9-7-15(8-10-17)20(11-1-2-12-20)19(24)23-14-21(25,16-5-6-16)18-4-3-13-26-18/h3-4,7-10,13,16,25H,1-2,5-6,11-12,14H2,(H,23,24)/t21-/m1/s1. The Morgan fingerprint density at radius 1 is 1.23 bits per heavy atom. The lowest BCUT2D eigenvalue weighted by Crippen LogP contribution is -2.48. The number of halogens is 1. The van der Waals surface area contributed by atoms with Crippen LogP contribution in [0.4, 0.5) is 0 Å². The molecule has 2 aromatic rings. The first kappa shape index (κ1) is 18.0. The molecule has 0 radical (unpaired) electrons. The number of nitrogens with one attached hydrogen (secondary N) is 1. The Bertz CT molecular complexity index is 764. The highest BCUT2D eigenvalue weighted by atomic mass is 35.5. The van der Waals surface area contributed by atoms with Crippen LogP contribution in [-0.2, 0) is 15.8 Å². The van der Waals surface area contributed by atoms with Crippen molar-refractivity contribution in [3.8, 4) is 0 Å². The van der Waals surface area contributed by atoms with Crippen molar-refractivity contribution in [1.82, 2.24) is 5.32 Å². The summed E-state index contributed by atoms with van der Waals surface area (Å²) in [5, 5.41) is 17.1. The molecule has 1 aromatic heterocycles. The van der Waals surface area contributed by atoms with Crippen LogP contribution in [0.2, 0.25) is 5.02 Å². The minimum absolute atomic E-state index is 0.0351. The van der Waals surface area contributed by atoms with E-state index in [0.29, 0.717) is 5.02 Å². The van der Waals surface area contributed by atoms with Crippen LogP contribution in [0.15, 0.2) is 41.8 Å². The SMILES string of the molecule is O=C(NC[C@](O)(c1cccs1)C1CC1)C1(c2ccc(Cl)cc2)CCCC1. The van der Waals surface area contributed by atoms with E-state index in [1.54, 1.807) is 11.3 Å². The molecule has 2 aliphatic carbocycles. The third-order valence-corrected chi connectivity index (χ3v) is 7.30. The third-order valence-electron chi connectivity index (χ3n) is 6.01. The number of thiophene rings is 1. The number of rotatable bonds is 6. The maximum Gasteiger partial charge on any atom is 0.230 e. The van der Waals surface area contributed by atoms with E-state index in [1.807, 2.05) is 41.8 Å². The van der Waals surface area contributed by atoms with Gasteiger partial charge in [0.05, 0.1) is 12.0 Å². The second-order valence-electron chi connectivity index (χ2n) is 7.65. The number of amides is 1. The average molecular weight is 390 g/mol. The fourth-order valence-corrected chi connectivity index (χ4v) is 5.33. The van der Waals surface area contributed by atoms with E-state index in [1.165, 1.54) is 0 Å². The topological polar surface area (TPSA) is 49.3 Å². The maximum atomic E-state index is 13.3. The molecular formula is C21H24ClNO2S. The van der Waals surface area contributed by atoms with E-state index in [0.717, 1.165) is 49.0 Å². The molecule has 1 aromatic carbocycles. The minimum atomic E-state index is -0.941. The summed E-state index contributed by atoms with van der Waals surface area (Å²) in [5.41, 5.74) is -0.406. The van der Waals surface area contributed by atoms with Crippen LogP contribution in [-0.4, -0.2) is 17.6 Å². The molecule has 2 aliphatic rings. The fraction of sp³-hybridized carbons (Fsp3) is 0.476. The van der Waals surface area contributed by atoms with Gasteiger partial charge >= 0.3 is 0 Å². The number of carbonyl (C=O) groups is 1. The minimum Gasteiger partial charge on any atom is -0.382 e. The van der Waals surface area contributed by atoms with Gasteiger partial charge in [-0.25, -0.2) is 0 Å². The van der Waals surface area contributed by atoms with Gasteiger partial charge in [-0.15, -0.1) is 11.3 Å². The van der Waals surface area contributed by atoms with Crippen molar-refractivity contribution in [1.29, 1.82) is 0 Å². The molecule has 2 saturated carbocycles. The van der Waals surface area contributed by atoms with E-state index >= 15 is 0 Å². The molecule has 0 unspecified atom stereocenters. The molecule has 2 N–H and O–H groups in total. The summed E-state index contributed by atoms with van der Waals surface area (Å²) >= 11 is 7.59. The van der Waals surface area contributed by atoms with E-state index in [9.17, 15) is 9.90 Å². The molecular weight excluding hydrogens is 366 g/mol. The van der Waals surface area contributed by atoms with Gasteiger partial charge in [0, 0.05) is 9.90 Å². The van der Waals surface area contributed by atoms with Crippen LogP contribution in [0, 0.1) is 5.92 Å². The highest BCUT2D eigenvalue weighted by Crippen LogP contribution is 2.47. The third kappa shape index (κ3) is 3.19. The van der Waals surface area contributed by atoms with Gasteiger partial charge in [0.1, 0.15) is 5.60 Å². The van der Waals surface area contributed by atoms with Crippen molar-refractivity contribution in [3.63, 3.8) is 0 Å². The van der Waals surface area contributed by atoms with Gasteiger partial charge in [-0.1, -0.05) is 42.6 Å². The highest BCUT2D eigenvalue weighted by molar-refractivity contribution is 7.10. The van der Waals surface area contributed by atoms with Crippen molar-refractivity contribution in [2.45, 2.75) is 49.5 Å². The number of hydrogen-bond acceptors (Lipinski definition) is 3. The van der Waals surface area contributed by atoms with Gasteiger partial charge in [0.25, 0.3) is 0 Å². The van der Waals surface area contributed by atoms with Crippen molar-refractivity contribution >= 4 is 28.8 Å². The zero-order valence-corrected chi connectivity index (χ0v) is 16.3. The molecule has 1 atom stereocenters. The van der Waals surface area contributed by atoms with Crippen LogP contribution < -0.4 is 5.32 Å². The smallest absolute Gasteiger partial charge is 0.230 e. The van der Waals surface area contributed by atoms with Crippen molar-refractivity contribution in [2.24, 2.45) is 5.92 Å². The van der Waals surface area contributed by atoms with E-state index in [2.05, 4.69) is 5.32 Å². The van der Waals surface area contributed by atoms with Crippen molar-refractivity contribution < 1.29 is 9.90 Å². The maximum absolute atomic E-state index is 13.3. The summed E-state index contributed by atoms with van der Waals surface area (Å²) in [4.78, 5) is 14.2. The first-order chi connectivity index (χ1) is 12.5. The van der Waals surface area contributed by atoms with Crippen LogP contribution in [0.1, 0.15) is 49.0 Å². The lowest BCUT2D eigenvalue weighted by atomic mass is 9.77. The van der Waals surface area contributed by atoms with Crippen molar-refractivity contribution in [3.05, 3.63) is 57.2 Å². The van der Waals surface area contributed by atoms with E-state index < -0.39 is 11.0 Å². The number of aliphatic hydroxyl groups is 1. The Morgan fingerprint density at radius 3 is 2.50 bits per heavy atom. The van der Waals surface area contributed by atoms with Crippen molar-refractivity contribution in [2.75, 3.05) is 6.54 Å². The summed E-state index contributed by atoms with van der Waals surface area (Å²) in [6.07, 6.45) is 5.84. The Balaban J connectivity index is 1.55. The molecule has 138 valence electrons. The predicted octanol–water partition coefficient (Wildman–Crippen LogP) is 4.63. The van der Waals surface area contributed by atoms with Gasteiger partial charge in [-0.2, -0.15) is 0 Å². The molecule has 2 fully saturated rings. The second-order valence-corrected chi connectivity index (χ2v) is 9.04. The summed E-state index contributed by atoms with van der Waals surface area (Å²) in [5.74, 6) is 0.282. The molecule has 1 amide bonds. The molecule has 1 heterocycles. The summed E-state index contributed by atoms with van der Waals surface area (Å²) in [7, 11) is 0. The quantitative estimate of drug-likeness (QED) is 0.756. The average Bonchev–Trinajstić information content (AvgIpc) is 3.15. The van der Waals surface area contributed by atoms with Crippen LogP contribution >= 0.6 is 22.9 Å². The first-order valence-electron chi connectivity index (χ1n) is 9.35. The molecule has 3 nitrogen and oxygen atoms in total. The summed E-state index contributed by atoms with van der Waals surface area (Å²) in [6, 6.07) is 11.6. The lowest BCUT2D eigenvalue weighted by Gasteiger charge is -2.32. The highest BCUT2D eigenvalue weighted by Gasteiger charge is 2.48. The number of benzene rings is 1. The Hall–Kier alpha value is -1.36. The van der Waals surface area contributed by atoms with Gasteiger partial charge in [-0.05, 0) is 60.7 Å². The Morgan fingerprint density at radius 2 is 1.92 bits per heavy atom. The predicted molar refractivity (Wildman–Crippen MR) is 106 cm³/mol. The number of carbonyl (C=O) groups excluding carboxylic acids is 1. The normalized spacial score (nSPS) is 21.3. The van der Waals surface area contributed by atoms with Crippen LogP contribution in [0.3, 0.4) is 0 Å². The molecule has 0 bridgehead atoms. The Kier molecular flexibility index (Phi) is 4.84. The van der Waals surface area contributed by atoms with E-state index in [-0.39, 0.29) is 18.4 Å². The zero-order chi connectivity index (χ0) is 18.2. The summed E-state index contributed by atoms with van der Waals surface area (Å²) in [6.45, 7) is 0.284. The first-order valence-corrected chi connectivity index (χ1v) is 10.6. The zero-order valence-electron chi connectivity index (χ0n) is 14.7. The largest absolute Gasteiger partial charge is 0.382 e. The van der Waals surface area contributed by atoms with Gasteiger partial charge < -0.3 is 10.4 Å². The lowest BCUT2D eigenvalue weighted by molar-refractivity contribution is -0.128. The van der Waals surface area contributed by atoms with Gasteiger partial charge in [-0.3, -0.25) is 4.79 Å². The molecule has 0 aliphatic heterocycles. The van der Waals surface area contributed by atoms with Gasteiger partial charge in [0.2, 0.25) is 5.91 Å². The van der Waals surface area contributed by atoms with E-state index in [4.69, 9.17) is 11.6 Å². The monoisotopic (exact) mass is 389 g/mol. The molecule has 4 rings (SSSR count). The second kappa shape index (κ2) is 6.99.